The first-order chi connectivity index (χ1) is 7.72. The van der Waals surface area contributed by atoms with Gasteiger partial charge in [0.05, 0.1) is 5.75 Å². The van der Waals surface area contributed by atoms with Gasteiger partial charge in [0.1, 0.15) is 9.84 Å². The van der Waals surface area contributed by atoms with E-state index in [0.29, 0.717) is 0 Å². The maximum Gasteiger partial charge on any atom is 0.194 e. The molecule has 1 unspecified atom stereocenters. The van der Waals surface area contributed by atoms with E-state index in [2.05, 4.69) is 0 Å². The van der Waals surface area contributed by atoms with E-state index in [4.69, 9.17) is 5.73 Å². The molecule has 1 aromatic carbocycles. The zero-order valence-corrected chi connectivity index (χ0v) is 9.90. The summed E-state index contributed by atoms with van der Waals surface area (Å²) in [6.07, 6.45) is 0.960. The zero-order valence-electron chi connectivity index (χ0n) is 9.08. The smallest absolute Gasteiger partial charge is 0.194 e. The first kappa shape index (κ1) is 14.0. The minimum atomic E-state index is -3.23. The van der Waals surface area contributed by atoms with Gasteiger partial charge in [-0.3, -0.25) is 0 Å². The number of rotatable bonds is 4. The molecular weight excluding hydrogens is 255 g/mol. The molecule has 0 saturated heterocycles. The summed E-state index contributed by atoms with van der Waals surface area (Å²) in [7, 11) is -3.23. The van der Waals surface area contributed by atoms with Crippen LogP contribution in [0.5, 0.6) is 0 Å². The Bertz CT molecular complexity index is 517. The van der Waals surface area contributed by atoms with E-state index in [-0.39, 0.29) is 17.7 Å². The molecule has 0 amide bonds. The average Bonchev–Trinajstić information content (AvgIpc) is 2.22. The van der Waals surface area contributed by atoms with Crippen LogP contribution < -0.4 is 5.73 Å². The lowest BCUT2D eigenvalue weighted by atomic mass is 10.0. The van der Waals surface area contributed by atoms with Gasteiger partial charge in [0.25, 0.3) is 0 Å². The molecule has 17 heavy (non-hydrogen) atoms. The average molecular weight is 267 g/mol. The molecule has 7 heteroatoms. The van der Waals surface area contributed by atoms with E-state index >= 15 is 0 Å². The molecule has 0 fully saturated rings. The van der Waals surface area contributed by atoms with Gasteiger partial charge >= 0.3 is 0 Å². The first-order valence-corrected chi connectivity index (χ1v) is 6.85. The lowest BCUT2D eigenvalue weighted by Crippen LogP contribution is -2.17. The van der Waals surface area contributed by atoms with Gasteiger partial charge in [-0.05, 0) is 12.5 Å². The van der Waals surface area contributed by atoms with E-state index in [1.165, 1.54) is 0 Å². The summed E-state index contributed by atoms with van der Waals surface area (Å²) in [6.45, 7) is 0. The summed E-state index contributed by atoms with van der Waals surface area (Å²) in [6, 6.07) is 0.786. The summed E-state index contributed by atoms with van der Waals surface area (Å²) in [4.78, 5) is 0. The molecule has 2 N–H and O–H groups in total. The molecule has 1 atom stereocenters. The molecular formula is C10H12F3NO2S. The number of sulfone groups is 1. The van der Waals surface area contributed by atoms with Crippen molar-refractivity contribution < 1.29 is 21.6 Å². The van der Waals surface area contributed by atoms with Gasteiger partial charge in [-0.25, -0.2) is 21.6 Å². The zero-order chi connectivity index (χ0) is 13.2. The largest absolute Gasteiger partial charge is 0.324 e. The second kappa shape index (κ2) is 5.05. The monoisotopic (exact) mass is 267 g/mol. The van der Waals surface area contributed by atoms with Gasteiger partial charge in [0, 0.05) is 17.9 Å². The second-order valence-electron chi connectivity index (χ2n) is 3.79. The molecule has 0 bridgehead atoms. The maximum atomic E-state index is 13.3. The second-order valence-corrected chi connectivity index (χ2v) is 6.05. The van der Waals surface area contributed by atoms with E-state index in [9.17, 15) is 21.6 Å². The van der Waals surface area contributed by atoms with Gasteiger partial charge in [-0.1, -0.05) is 6.07 Å². The number of halogens is 3. The number of hydrogen-bond acceptors (Lipinski definition) is 3. The summed E-state index contributed by atoms with van der Waals surface area (Å²) in [5.74, 6) is -4.52. The maximum absolute atomic E-state index is 13.3. The third-order valence-corrected chi connectivity index (χ3v) is 3.24. The Hall–Kier alpha value is -1.08. The van der Waals surface area contributed by atoms with Crippen molar-refractivity contribution in [2.24, 2.45) is 5.73 Å². The molecule has 0 spiro atoms. The topological polar surface area (TPSA) is 60.2 Å². The highest BCUT2D eigenvalue weighted by atomic mass is 32.2. The van der Waals surface area contributed by atoms with Gasteiger partial charge in [0.15, 0.2) is 17.5 Å². The fraction of sp³-hybridized carbons (Fsp3) is 0.400. The van der Waals surface area contributed by atoms with Crippen LogP contribution in [0.4, 0.5) is 13.2 Å². The fourth-order valence-electron chi connectivity index (χ4n) is 1.32. The Labute approximate surface area is 97.4 Å². The van der Waals surface area contributed by atoms with Gasteiger partial charge in [-0.2, -0.15) is 0 Å². The van der Waals surface area contributed by atoms with Crippen LogP contribution in [0.1, 0.15) is 18.0 Å². The lowest BCUT2D eigenvalue weighted by molar-refractivity contribution is 0.434. The molecule has 0 heterocycles. The van der Waals surface area contributed by atoms with Crippen molar-refractivity contribution in [2.75, 3.05) is 12.0 Å². The van der Waals surface area contributed by atoms with Crippen molar-refractivity contribution in [2.45, 2.75) is 12.5 Å². The van der Waals surface area contributed by atoms with Crippen molar-refractivity contribution in [3.63, 3.8) is 0 Å². The minimum absolute atomic E-state index is 0.0547. The van der Waals surface area contributed by atoms with Crippen molar-refractivity contribution in [3.05, 3.63) is 35.1 Å². The highest BCUT2D eigenvalue weighted by Crippen LogP contribution is 2.22. The summed E-state index contributed by atoms with van der Waals surface area (Å²) < 4.78 is 60.6. The number of benzene rings is 1. The Balaban J connectivity index is 2.90. The Kier molecular flexibility index (Phi) is 4.16. The number of nitrogens with two attached hydrogens (primary N) is 1. The molecule has 0 aliphatic rings. The van der Waals surface area contributed by atoms with Crippen LogP contribution in [0.25, 0.3) is 0 Å². The summed E-state index contributed by atoms with van der Waals surface area (Å²) in [5, 5.41) is 0. The predicted octanol–water partition coefficient (Wildman–Crippen LogP) is 1.54. The molecule has 0 aliphatic heterocycles. The Morgan fingerprint density at radius 1 is 1.24 bits per heavy atom. The van der Waals surface area contributed by atoms with Gasteiger partial charge in [0.2, 0.25) is 0 Å². The van der Waals surface area contributed by atoms with Crippen molar-refractivity contribution in [1.82, 2.24) is 0 Å². The van der Waals surface area contributed by atoms with Crippen LogP contribution in [-0.4, -0.2) is 20.4 Å². The lowest BCUT2D eigenvalue weighted by Gasteiger charge is -2.12. The number of hydrogen-bond donors (Lipinski definition) is 1. The quantitative estimate of drug-likeness (QED) is 0.842. The van der Waals surface area contributed by atoms with Crippen LogP contribution in [0.15, 0.2) is 12.1 Å². The summed E-state index contributed by atoms with van der Waals surface area (Å²) >= 11 is 0. The van der Waals surface area contributed by atoms with E-state index in [1.807, 2.05) is 0 Å². The normalized spacial score (nSPS) is 13.7. The van der Waals surface area contributed by atoms with E-state index < -0.39 is 33.3 Å². The van der Waals surface area contributed by atoms with E-state index in [1.54, 1.807) is 0 Å². The third-order valence-electron chi connectivity index (χ3n) is 2.26. The predicted molar refractivity (Wildman–Crippen MR) is 57.6 cm³/mol. The third kappa shape index (κ3) is 3.71. The Morgan fingerprint density at radius 3 is 2.35 bits per heavy atom. The molecule has 3 nitrogen and oxygen atoms in total. The van der Waals surface area contributed by atoms with Crippen molar-refractivity contribution in [1.29, 1.82) is 0 Å². The van der Waals surface area contributed by atoms with Crippen molar-refractivity contribution >= 4 is 9.84 Å². The van der Waals surface area contributed by atoms with E-state index in [0.717, 1.165) is 18.4 Å². The van der Waals surface area contributed by atoms with Crippen LogP contribution in [-0.2, 0) is 9.84 Å². The molecule has 1 rings (SSSR count). The van der Waals surface area contributed by atoms with Crippen LogP contribution in [0.2, 0.25) is 0 Å². The fourth-order valence-corrected chi connectivity index (χ4v) is 2.01. The van der Waals surface area contributed by atoms with Gasteiger partial charge in [-0.15, -0.1) is 0 Å². The molecule has 0 saturated carbocycles. The standard InChI is InChI=1S/C10H12F3NO2S/c1-17(15,16)5-4-8(14)6-2-3-7(11)10(13)9(6)12/h2-3,8H,4-5,14H2,1H3. The summed E-state index contributed by atoms with van der Waals surface area (Å²) in [5.41, 5.74) is 5.30. The van der Waals surface area contributed by atoms with Crippen molar-refractivity contribution in [3.8, 4) is 0 Å². The highest BCUT2D eigenvalue weighted by Gasteiger charge is 2.19. The molecule has 0 aromatic heterocycles. The molecule has 0 radical (unpaired) electrons. The Morgan fingerprint density at radius 2 is 1.82 bits per heavy atom. The molecule has 0 aliphatic carbocycles. The van der Waals surface area contributed by atoms with Gasteiger partial charge < -0.3 is 5.73 Å². The van der Waals surface area contributed by atoms with Crippen LogP contribution in [0.3, 0.4) is 0 Å². The van der Waals surface area contributed by atoms with Crippen LogP contribution in [0, 0.1) is 17.5 Å². The minimum Gasteiger partial charge on any atom is -0.324 e. The highest BCUT2D eigenvalue weighted by molar-refractivity contribution is 7.90. The molecule has 96 valence electrons. The molecule has 1 aromatic rings. The SMILES string of the molecule is CS(=O)(=O)CCC(N)c1ccc(F)c(F)c1F. The first-order valence-electron chi connectivity index (χ1n) is 4.79. The van der Waals surface area contributed by atoms with Crippen LogP contribution >= 0.6 is 0 Å².